The summed E-state index contributed by atoms with van der Waals surface area (Å²) in [4.78, 5) is 30.2. The van der Waals surface area contributed by atoms with Crippen molar-refractivity contribution in [3.63, 3.8) is 0 Å². The predicted molar refractivity (Wildman–Crippen MR) is 97.0 cm³/mol. The molecule has 1 aromatic carbocycles. The number of carbonyl (C=O) groups excluding carboxylic acids is 2. The molecule has 1 N–H and O–H groups in total. The number of hydrogen-bond donors (Lipinski definition) is 1. The highest BCUT2D eigenvalue weighted by Gasteiger charge is 2.26. The molecular weight excluding hydrogens is 316 g/mol. The van der Waals surface area contributed by atoms with E-state index in [0.717, 1.165) is 49.1 Å². The van der Waals surface area contributed by atoms with Gasteiger partial charge < -0.3 is 14.8 Å². The fraction of sp³-hybridized carbons (Fsp3) is 0.526. The van der Waals surface area contributed by atoms with E-state index in [1.807, 2.05) is 25.2 Å². The zero-order valence-electron chi connectivity index (χ0n) is 15.0. The Kier molecular flexibility index (Phi) is 5.36. The molecule has 0 radical (unpaired) electrons. The second-order valence-electron chi connectivity index (χ2n) is 6.77. The molecular formula is C19H26N4O2. The molecule has 6 nitrogen and oxygen atoms in total. The molecule has 1 saturated heterocycles. The quantitative estimate of drug-likeness (QED) is 0.844. The fourth-order valence-corrected chi connectivity index (χ4v) is 3.50. The maximum Gasteiger partial charge on any atom is 0.224 e. The molecule has 3 rings (SSSR count). The van der Waals surface area contributed by atoms with Gasteiger partial charge in [0.1, 0.15) is 5.82 Å². The highest BCUT2D eigenvalue weighted by molar-refractivity contribution is 5.80. The van der Waals surface area contributed by atoms with Crippen LogP contribution in [0.15, 0.2) is 24.3 Å². The molecule has 0 spiro atoms. The molecule has 0 unspecified atom stereocenters. The highest BCUT2D eigenvalue weighted by Crippen LogP contribution is 2.17. The van der Waals surface area contributed by atoms with Gasteiger partial charge in [0, 0.05) is 40.0 Å². The van der Waals surface area contributed by atoms with E-state index in [-0.39, 0.29) is 17.7 Å². The SMILES string of the molecule is CC(=O)N1CCC[C@@H](C(=O)NCCCc2nc3ccccc3n2C)C1. The maximum atomic E-state index is 12.3. The van der Waals surface area contributed by atoms with Gasteiger partial charge in [-0.25, -0.2) is 4.98 Å². The first-order chi connectivity index (χ1) is 12.1. The van der Waals surface area contributed by atoms with E-state index in [1.165, 1.54) is 0 Å². The summed E-state index contributed by atoms with van der Waals surface area (Å²) in [5, 5.41) is 3.02. The number of amides is 2. The molecule has 1 aliphatic heterocycles. The minimum absolute atomic E-state index is 0.0550. The molecule has 134 valence electrons. The van der Waals surface area contributed by atoms with Crippen molar-refractivity contribution in [1.29, 1.82) is 0 Å². The van der Waals surface area contributed by atoms with E-state index in [2.05, 4.69) is 20.9 Å². The molecule has 25 heavy (non-hydrogen) atoms. The second-order valence-corrected chi connectivity index (χ2v) is 6.77. The molecule has 0 aliphatic carbocycles. The largest absolute Gasteiger partial charge is 0.356 e. The Balaban J connectivity index is 1.47. The lowest BCUT2D eigenvalue weighted by Crippen LogP contribution is -2.44. The number of carbonyl (C=O) groups is 2. The summed E-state index contributed by atoms with van der Waals surface area (Å²) in [6.45, 7) is 3.52. The Labute approximate surface area is 148 Å². The monoisotopic (exact) mass is 342 g/mol. The number of nitrogens with one attached hydrogen (secondary N) is 1. The molecule has 6 heteroatoms. The summed E-state index contributed by atoms with van der Waals surface area (Å²) >= 11 is 0. The molecule has 2 amide bonds. The third-order valence-electron chi connectivity index (χ3n) is 4.99. The lowest BCUT2D eigenvalue weighted by atomic mass is 9.97. The van der Waals surface area contributed by atoms with Gasteiger partial charge in [0.15, 0.2) is 0 Å². The first-order valence-corrected chi connectivity index (χ1v) is 9.00. The first-order valence-electron chi connectivity index (χ1n) is 9.00. The number of aromatic nitrogens is 2. The predicted octanol–water partition coefficient (Wildman–Crippen LogP) is 1.88. The molecule has 0 saturated carbocycles. The van der Waals surface area contributed by atoms with Crippen LogP contribution < -0.4 is 5.32 Å². The molecule has 2 heterocycles. The van der Waals surface area contributed by atoms with Crippen LogP contribution in [0.25, 0.3) is 11.0 Å². The summed E-state index contributed by atoms with van der Waals surface area (Å²) < 4.78 is 2.11. The van der Waals surface area contributed by atoms with Gasteiger partial charge >= 0.3 is 0 Å². The number of imidazole rings is 1. The number of benzene rings is 1. The molecule has 1 aromatic heterocycles. The van der Waals surface area contributed by atoms with Crippen molar-refractivity contribution in [3.05, 3.63) is 30.1 Å². The van der Waals surface area contributed by atoms with Gasteiger partial charge in [-0.2, -0.15) is 0 Å². The van der Waals surface area contributed by atoms with Crippen molar-refractivity contribution in [2.75, 3.05) is 19.6 Å². The normalized spacial score (nSPS) is 17.7. The topological polar surface area (TPSA) is 67.2 Å². The van der Waals surface area contributed by atoms with Crippen molar-refractivity contribution >= 4 is 22.8 Å². The van der Waals surface area contributed by atoms with E-state index in [9.17, 15) is 9.59 Å². The lowest BCUT2D eigenvalue weighted by Gasteiger charge is -2.31. The summed E-state index contributed by atoms with van der Waals surface area (Å²) in [6, 6.07) is 8.10. The summed E-state index contributed by atoms with van der Waals surface area (Å²) in [5.74, 6) is 1.08. The van der Waals surface area contributed by atoms with Crippen LogP contribution in [0.3, 0.4) is 0 Å². The van der Waals surface area contributed by atoms with Gasteiger partial charge in [-0.1, -0.05) is 12.1 Å². The molecule has 1 fully saturated rings. The average Bonchev–Trinajstić information content (AvgIpc) is 2.95. The number of para-hydroxylation sites is 2. The van der Waals surface area contributed by atoms with Crippen LogP contribution in [0.2, 0.25) is 0 Å². The van der Waals surface area contributed by atoms with Crippen LogP contribution in [-0.2, 0) is 23.1 Å². The molecule has 1 atom stereocenters. The van der Waals surface area contributed by atoms with Gasteiger partial charge in [-0.3, -0.25) is 9.59 Å². The van der Waals surface area contributed by atoms with Gasteiger partial charge in [-0.05, 0) is 31.4 Å². The first kappa shape index (κ1) is 17.5. The summed E-state index contributed by atoms with van der Waals surface area (Å²) in [5.41, 5.74) is 2.14. The second kappa shape index (κ2) is 7.68. The van der Waals surface area contributed by atoms with Crippen LogP contribution in [-0.4, -0.2) is 45.9 Å². The Morgan fingerprint density at radius 2 is 2.12 bits per heavy atom. The van der Waals surface area contributed by atoms with Crippen LogP contribution in [0.4, 0.5) is 0 Å². The Morgan fingerprint density at radius 3 is 2.88 bits per heavy atom. The van der Waals surface area contributed by atoms with E-state index in [0.29, 0.717) is 13.1 Å². The van der Waals surface area contributed by atoms with Crippen molar-refractivity contribution in [1.82, 2.24) is 19.8 Å². The van der Waals surface area contributed by atoms with Crippen molar-refractivity contribution in [3.8, 4) is 0 Å². The third kappa shape index (κ3) is 4.00. The number of likely N-dealkylation sites (tertiary alicyclic amines) is 1. The molecule has 0 bridgehead atoms. The zero-order chi connectivity index (χ0) is 17.8. The number of rotatable bonds is 5. The fourth-order valence-electron chi connectivity index (χ4n) is 3.50. The summed E-state index contributed by atoms with van der Waals surface area (Å²) in [6.07, 6.45) is 3.44. The Morgan fingerprint density at radius 1 is 1.32 bits per heavy atom. The Bertz CT molecular complexity index is 768. The van der Waals surface area contributed by atoms with E-state index in [1.54, 1.807) is 11.8 Å². The Hall–Kier alpha value is -2.37. The number of aryl methyl sites for hydroxylation is 2. The van der Waals surface area contributed by atoms with Crippen LogP contribution in [0.5, 0.6) is 0 Å². The zero-order valence-corrected chi connectivity index (χ0v) is 15.0. The lowest BCUT2D eigenvalue weighted by molar-refractivity contribution is -0.133. The molecule has 1 aliphatic rings. The summed E-state index contributed by atoms with van der Waals surface area (Å²) in [7, 11) is 2.03. The van der Waals surface area contributed by atoms with Gasteiger partial charge in [0.05, 0.1) is 17.0 Å². The van der Waals surface area contributed by atoms with Crippen LogP contribution >= 0.6 is 0 Å². The highest BCUT2D eigenvalue weighted by atomic mass is 16.2. The number of piperidine rings is 1. The van der Waals surface area contributed by atoms with Crippen molar-refractivity contribution < 1.29 is 9.59 Å². The van der Waals surface area contributed by atoms with Crippen LogP contribution in [0, 0.1) is 5.92 Å². The van der Waals surface area contributed by atoms with E-state index < -0.39 is 0 Å². The van der Waals surface area contributed by atoms with Crippen molar-refractivity contribution in [2.45, 2.75) is 32.6 Å². The minimum Gasteiger partial charge on any atom is -0.356 e. The molecule has 2 aromatic rings. The third-order valence-corrected chi connectivity index (χ3v) is 4.99. The number of nitrogens with zero attached hydrogens (tertiary/aromatic N) is 3. The standard InChI is InChI=1S/C19H26N4O2/c1-14(24)23-12-6-7-15(13-23)19(25)20-11-5-10-18-21-16-8-3-4-9-17(16)22(18)2/h3-4,8-9,15H,5-7,10-13H2,1-2H3,(H,20,25)/t15-/m1/s1. The smallest absolute Gasteiger partial charge is 0.224 e. The van der Waals surface area contributed by atoms with E-state index in [4.69, 9.17) is 0 Å². The van der Waals surface area contributed by atoms with Gasteiger partial charge in [0.25, 0.3) is 0 Å². The van der Waals surface area contributed by atoms with Gasteiger partial charge in [-0.15, -0.1) is 0 Å². The van der Waals surface area contributed by atoms with Gasteiger partial charge in [0.2, 0.25) is 11.8 Å². The number of fused-ring (bicyclic) bond motifs is 1. The number of hydrogen-bond acceptors (Lipinski definition) is 3. The maximum absolute atomic E-state index is 12.3. The average molecular weight is 342 g/mol. The van der Waals surface area contributed by atoms with Crippen LogP contribution in [0.1, 0.15) is 32.0 Å². The van der Waals surface area contributed by atoms with Crippen molar-refractivity contribution in [2.24, 2.45) is 13.0 Å². The van der Waals surface area contributed by atoms with E-state index >= 15 is 0 Å². The minimum atomic E-state index is -0.0756.